The summed E-state index contributed by atoms with van der Waals surface area (Å²) in [6, 6.07) is 6.00. The Morgan fingerprint density at radius 2 is 1.87 bits per heavy atom. The number of halogens is 3. The van der Waals surface area contributed by atoms with Gasteiger partial charge in [-0.05, 0) is 49.8 Å². The lowest BCUT2D eigenvalue weighted by molar-refractivity contribution is -0.157. The number of benzene rings is 1. The van der Waals surface area contributed by atoms with Gasteiger partial charge in [0.05, 0.1) is 11.1 Å². The first-order chi connectivity index (χ1) is 18.1. The molecule has 12 heteroatoms. The van der Waals surface area contributed by atoms with Crippen LogP contribution in [0.15, 0.2) is 30.5 Å². The van der Waals surface area contributed by atoms with E-state index in [4.69, 9.17) is 16.3 Å². The van der Waals surface area contributed by atoms with E-state index in [1.165, 1.54) is 18.2 Å². The minimum absolute atomic E-state index is 0.0750. The lowest BCUT2D eigenvalue weighted by Crippen LogP contribution is -2.56. The first-order valence-corrected chi connectivity index (χ1v) is 13.1. The van der Waals surface area contributed by atoms with Gasteiger partial charge in [-0.2, -0.15) is 13.9 Å². The van der Waals surface area contributed by atoms with Crippen LogP contribution in [0.1, 0.15) is 51.1 Å². The van der Waals surface area contributed by atoms with Crippen molar-refractivity contribution in [2.75, 3.05) is 38.2 Å². The molecule has 0 bridgehead atoms. The van der Waals surface area contributed by atoms with Crippen LogP contribution in [-0.4, -0.2) is 71.1 Å². The zero-order valence-electron chi connectivity index (χ0n) is 21.5. The number of carboxylic acid groups (broad SMARTS) is 1. The monoisotopic (exact) mass is 554 g/mol. The second-order valence-electron chi connectivity index (χ2n) is 10.3. The average molecular weight is 555 g/mol. The third kappa shape index (κ3) is 5.79. The van der Waals surface area contributed by atoms with Gasteiger partial charge in [0.15, 0.2) is 5.75 Å². The van der Waals surface area contributed by atoms with Crippen LogP contribution in [0.2, 0.25) is 5.02 Å². The summed E-state index contributed by atoms with van der Waals surface area (Å²) in [6.07, 6.45) is 3.22. The van der Waals surface area contributed by atoms with Gasteiger partial charge in [-0.25, -0.2) is 0 Å². The predicted molar refractivity (Wildman–Crippen MR) is 137 cm³/mol. The predicted octanol–water partition coefficient (Wildman–Crippen LogP) is 4.57. The van der Waals surface area contributed by atoms with Crippen molar-refractivity contribution < 1.29 is 33.0 Å². The number of likely N-dealkylation sites (tertiary alicyclic amines) is 1. The van der Waals surface area contributed by atoms with Gasteiger partial charge in [-0.15, -0.1) is 0 Å². The number of carbonyl (C=O) groups is 2. The van der Waals surface area contributed by atoms with Gasteiger partial charge in [-0.3, -0.25) is 14.3 Å². The normalized spacial score (nSPS) is 19.4. The Hall–Kier alpha value is -2.76. The molecule has 1 amide bonds. The molecule has 208 valence electrons. The van der Waals surface area contributed by atoms with Crippen LogP contribution < -0.4 is 10.1 Å². The fourth-order valence-corrected chi connectivity index (χ4v) is 5.55. The van der Waals surface area contributed by atoms with Crippen molar-refractivity contribution in [2.24, 2.45) is 5.41 Å². The molecule has 2 aliphatic heterocycles. The smallest absolute Gasteiger partial charge is 0.387 e. The Kier molecular flexibility index (Phi) is 8.59. The number of ether oxygens (including phenoxy) is 2. The molecule has 3 heterocycles. The zero-order chi connectivity index (χ0) is 27.5. The SMILES string of the molecule is CC(C)c1ccnn1C1(C(=O)Nc2ccc(Cl)cc2OC(F)F)CCN(CC2(C(=O)O)CCOCC2)CC1. The van der Waals surface area contributed by atoms with Gasteiger partial charge in [0.25, 0.3) is 5.91 Å². The molecular formula is C26H33ClF2N4O5. The van der Waals surface area contributed by atoms with Crippen molar-refractivity contribution in [2.45, 2.75) is 57.6 Å². The molecule has 2 aliphatic rings. The van der Waals surface area contributed by atoms with E-state index in [2.05, 4.69) is 20.1 Å². The first kappa shape index (κ1) is 28.3. The second-order valence-corrected chi connectivity index (χ2v) is 10.7. The Morgan fingerprint density at radius 1 is 1.18 bits per heavy atom. The van der Waals surface area contributed by atoms with Crippen LogP contribution >= 0.6 is 11.6 Å². The van der Waals surface area contributed by atoms with Crippen molar-refractivity contribution in [3.63, 3.8) is 0 Å². The Morgan fingerprint density at radius 3 is 2.47 bits per heavy atom. The summed E-state index contributed by atoms with van der Waals surface area (Å²) in [5.74, 6) is -1.41. The highest BCUT2D eigenvalue weighted by molar-refractivity contribution is 6.30. The van der Waals surface area contributed by atoms with Gasteiger partial charge < -0.3 is 24.8 Å². The van der Waals surface area contributed by atoms with E-state index in [1.807, 2.05) is 19.9 Å². The van der Waals surface area contributed by atoms with E-state index < -0.39 is 29.4 Å². The molecule has 38 heavy (non-hydrogen) atoms. The minimum atomic E-state index is -3.09. The van der Waals surface area contributed by atoms with Crippen LogP contribution in [0.25, 0.3) is 0 Å². The second kappa shape index (κ2) is 11.5. The molecule has 9 nitrogen and oxygen atoms in total. The standard InChI is InChI=1S/C26H33ClF2N4O5/c1-17(2)20-5-10-30-33(20)26(22(34)31-19-4-3-18(27)15-21(19)38-24(28)29)6-11-32(12-7-26)16-25(23(35)36)8-13-37-14-9-25/h3-5,10,15,17,24H,6-9,11-14,16H2,1-2H3,(H,31,34)(H,35,36). The van der Waals surface area contributed by atoms with E-state index in [1.54, 1.807) is 10.9 Å². The van der Waals surface area contributed by atoms with Crippen LogP contribution in [0, 0.1) is 5.41 Å². The number of nitrogens with zero attached hydrogens (tertiary/aromatic N) is 3. The number of carbonyl (C=O) groups excluding carboxylic acids is 1. The van der Waals surface area contributed by atoms with Gasteiger partial charge >= 0.3 is 12.6 Å². The summed E-state index contributed by atoms with van der Waals surface area (Å²) in [7, 11) is 0. The number of alkyl halides is 2. The largest absolute Gasteiger partial charge is 0.481 e. The number of hydrogen-bond donors (Lipinski definition) is 2. The zero-order valence-corrected chi connectivity index (χ0v) is 22.2. The first-order valence-electron chi connectivity index (χ1n) is 12.7. The van der Waals surface area contributed by atoms with Crippen molar-refractivity contribution in [3.8, 4) is 5.75 Å². The van der Waals surface area contributed by atoms with E-state index in [-0.39, 0.29) is 22.4 Å². The summed E-state index contributed by atoms with van der Waals surface area (Å²) in [5, 5.41) is 17.5. The fraction of sp³-hybridized carbons (Fsp3) is 0.577. The summed E-state index contributed by atoms with van der Waals surface area (Å²) in [4.78, 5) is 28.2. The quantitative estimate of drug-likeness (QED) is 0.467. The molecule has 0 spiro atoms. The summed E-state index contributed by atoms with van der Waals surface area (Å²) >= 11 is 5.97. The average Bonchev–Trinajstić information content (AvgIpc) is 3.37. The van der Waals surface area contributed by atoms with Crippen LogP contribution in [-0.2, 0) is 19.9 Å². The van der Waals surface area contributed by atoms with Crippen molar-refractivity contribution in [1.82, 2.24) is 14.7 Å². The third-order valence-electron chi connectivity index (χ3n) is 7.61. The molecule has 0 aliphatic carbocycles. The highest BCUT2D eigenvalue weighted by atomic mass is 35.5. The topological polar surface area (TPSA) is 106 Å². The maximum Gasteiger partial charge on any atom is 0.387 e. The number of aromatic nitrogens is 2. The highest BCUT2D eigenvalue weighted by Gasteiger charge is 2.48. The number of anilines is 1. The molecule has 2 N–H and O–H groups in total. The highest BCUT2D eigenvalue weighted by Crippen LogP contribution is 2.39. The lowest BCUT2D eigenvalue weighted by atomic mass is 9.78. The number of aliphatic carboxylic acids is 1. The molecule has 0 unspecified atom stereocenters. The molecular weight excluding hydrogens is 522 g/mol. The van der Waals surface area contributed by atoms with E-state index in [9.17, 15) is 23.5 Å². The molecule has 2 aromatic rings. The molecule has 1 aromatic heterocycles. The molecule has 1 aromatic carbocycles. The number of hydrogen-bond acceptors (Lipinski definition) is 6. The maximum atomic E-state index is 14.0. The Bertz CT molecular complexity index is 1140. The number of piperidine rings is 1. The van der Waals surface area contributed by atoms with E-state index in [0.717, 1.165) is 5.69 Å². The molecule has 0 saturated carbocycles. The van der Waals surface area contributed by atoms with Gasteiger partial charge in [-0.1, -0.05) is 25.4 Å². The van der Waals surface area contributed by atoms with Crippen molar-refractivity contribution >= 4 is 29.2 Å². The molecule has 4 rings (SSSR count). The van der Waals surface area contributed by atoms with Crippen LogP contribution in [0.5, 0.6) is 5.75 Å². The Balaban J connectivity index is 1.62. The van der Waals surface area contributed by atoms with Crippen molar-refractivity contribution in [3.05, 3.63) is 41.2 Å². The van der Waals surface area contributed by atoms with E-state index in [0.29, 0.717) is 58.5 Å². The number of amides is 1. The van der Waals surface area contributed by atoms with Crippen molar-refractivity contribution in [1.29, 1.82) is 0 Å². The number of nitrogens with one attached hydrogen (secondary N) is 1. The Labute approximate surface area is 225 Å². The van der Waals surface area contributed by atoms with Crippen LogP contribution in [0.3, 0.4) is 0 Å². The van der Waals surface area contributed by atoms with Gasteiger partial charge in [0.2, 0.25) is 0 Å². The number of carboxylic acids is 1. The number of rotatable bonds is 9. The minimum Gasteiger partial charge on any atom is -0.481 e. The molecule has 0 radical (unpaired) electrons. The summed E-state index contributed by atoms with van der Waals surface area (Å²) < 4.78 is 37.8. The van der Waals surface area contributed by atoms with E-state index >= 15 is 0 Å². The lowest BCUT2D eigenvalue weighted by Gasteiger charge is -2.44. The fourth-order valence-electron chi connectivity index (χ4n) is 5.39. The third-order valence-corrected chi connectivity index (χ3v) is 7.85. The molecule has 2 fully saturated rings. The van der Waals surface area contributed by atoms with Gasteiger partial charge in [0, 0.05) is 55.8 Å². The molecule has 2 saturated heterocycles. The summed E-state index contributed by atoms with van der Waals surface area (Å²) in [6.45, 7) is 3.01. The summed E-state index contributed by atoms with van der Waals surface area (Å²) in [5.41, 5.74) is -1.07. The maximum absolute atomic E-state index is 14.0. The molecule has 0 atom stereocenters. The van der Waals surface area contributed by atoms with Crippen LogP contribution in [0.4, 0.5) is 14.5 Å². The van der Waals surface area contributed by atoms with Gasteiger partial charge in [0.1, 0.15) is 5.54 Å².